The summed E-state index contributed by atoms with van der Waals surface area (Å²) in [4.78, 5) is 26.7. The van der Waals surface area contributed by atoms with Crippen LogP contribution in [0.5, 0.6) is 0 Å². The number of aryl methyl sites for hydroxylation is 1. The highest BCUT2D eigenvalue weighted by atomic mass is 32.2. The Labute approximate surface area is 196 Å². The molecule has 0 amide bonds. The topological polar surface area (TPSA) is 78.5 Å². The van der Waals surface area contributed by atoms with E-state index >= 15 is 0 Å². The van der Waals surface area contributed by atoms with Crippen molar-refractivity contribution in [2.75, 3.05) is 19.5 Å². The van der Waals surface area contributed by atoms with E-state index in [9.17, 15) is 9.59 Å². The molecule has 0 saturated heterocycles. The molecule has 0 N–H and O–H groups in total. The molecular weight excluding hydrogens is 436 g/mol. The quantitative estimate of drug-likeness (QED) is 0.369. The summed E-state index contributed by atoms with van der Waals surface area (Å²) in [6.07, 6.45) is 7.97. The van der Waals surface area contributed by atoms with Gasteiger partial charge in [0, 0.05) is 25.7 Å². The van der Waals surface area contributed by atoms with E-state index in [2.05, 4.69) is 10.2 Å². The molecule has 3 aromatic rings. The third kappa shape index (κ3) is 3.53. The van der Waals surface area contributed by atoms with Crippen molar-refractivity contribution < 1.29 is 9.53 Å². The number of nitrogens with zero attached hydrogens (tertiary/aromatic N) is 4. The lowest BCUT2D eigenvalue weighted by Gasteiger charge is -2.56. The third-order valence-corrected chi connectivity index (χ3v) is 9.10. The standard InChI is InChI=1S/C25H30N4O3S/c1-32-8-4-7-28-22(31)19-5-2-3-6-20(19)29-23(28)26-27-24(29)33-15-21(30)25-12-16-9-17(13-25)11-18(10-16)14-25/h2-3,5-6,16-18H,4,7-15H2,1H3. The van der Waals surface area contributed by atoms with E-state index in [1.165, 1.54) is 31.0 Å². The zero-order chi connectivity index (χ0) is 22.6. The Morgan fingerprint density at radius 3 is 2.52 bits per heavy atom. The Balaban J connectivity index is 1.32. The summed E-state index contributed by atoms with van der Waals surface area (Å²) in [7, 11) is 1.66. The number of carbonyl (C=O) groups excluding carboxylic acids is 1. The minimum Gasteiger partial charge on any atom is -0.385 e. The van der Waals surface area contributed by atoms with Gasteiger partial charge in [-0.2, -0.15) is 0 Å². The summed E-state index contributed by atoms with van der Waals surface area (Å²) in [5.41, 5.74) is 0.616. The van der Waals surface area contributed by atoms with Crippen molar-refractivity contribution in [3.05, 3.63) is 34.6 Å². The van der Waals surface area contributed by atoms with Crippen molar-refractivity contribution >= 4 is 34.2 Å². The van der Waals surface area contributed by atoms with Gasteiger partial charge in [0.1, 0.15) is 5.78 Å². The predicted octanol–water partition coefficient (Wildman–Crippen LogP) is 3.96. The number of benzene rings is 1. The first-order valence-electron chi connectivity index (χ1n) is 12.1. The van der Waals surface area contributed by atoms with Crippen LogP contribution in [-0.2, 0) is 16.1 Å². The smallest absolute Gasteiger partial charge is 0.262 e. The third-order valence-electron chi connectivity index (χ3n) is 8.17. The summed E-state index contributed by atoms with van der Waals surface area (Å²) in [5.74, 6) is 3.60. The lowest BCUT2D eigenvalue weighted by Crippen LogP contribution is -2.50. The molecule has 2 heterocycles. The summed E-state index contributed by atoms with van der Waals surface area (Å²) < 4.78 is 8.80. The van der Waals surface area contributed by atoms with Gasteiger partial charge in [0.15, 0.2) is 5.16 Å². The largest absolute Gasteiger partial charge is 0.385 e. The summed E-state index contributed by atoms with van der Waals surface area (Å²) >= 11 is 1.47. The van der Waals surface area contributed by atoms with Gasteiger partial charge in [-0.3, -0.25) is 18.6 Å². The van der Waals surface area contributed by atoms with Gasteiger partial charge in [-0.1, -0.05) is 23.9 Å². The maximum atomic E-state index is 13.5. The monoisotopic (exact) mass is 466 g/mol. The minimum atomic E-state index is -0.105. The highest BCUT2D eigenvalue weighted by molar-refractivity contribution is 7.99. The Bertz CT molecular complexity index is 1240. The molecule has 4 aliphatic carbocycles. The number of Topliss-reactive ketones (excluding diaryl/α,β-unsaturated/α-hetero) is 1. The average Bonchev–Trinajstić information content (AvgIpc) is 3.23. The first kappa shape index (κ1) is 21.4. The van der Waals surface area contributed by atoms with Gasteiger partial charge >= 0.3 is 0 Å². The minimum absolute atomic E-state index is 0.0669. The molecule has 0 spiro atoms. The number of hydrogen-bond donors (Lipinski definition) is 0. The number of methoxy groups -OCH3 is 1. The van der Waals surface area contributed by atoms with Crippen LogP contribution in [0.15, 0.2) is 34.2 Å². The second-order valence-electron chi connectivity index (χ2n) is 10.3. The van der Waals surface area contributed by atoms with E-state index < -0.39 is 0 Å². The lowest BCUT2D eigenvalue weighted by molar-refractivity contribution is -0.141. The number of ketones is 1. The Morgan fingerprint density at radius 1 is 1.12 bits per heavy atom. The van der Waals surface area contributed by atoms with Crippen molar-refractivity contribution in [1.82, 2.24) is 19.2 Å². The number of aromatic nitrogens is 4. The first-order valence-corrected chi connectivity index (χ1v) is 13.1. The zero-order valence-electron chi connectivity index (χ0n) is 19.0. The summed E-state index contributed by atoms with van der Waals surface area (Å²) in [6.45, 7) is 1.08. The van der Waals surface area contributed by atoms with Crippen molar-refractivity contribution in [3.63, 3.8) is 0 Å². The number of fused-ring (bicyclic) bond motifs is 3. The van der Waals surface area contributed by atoms with E-state index in [-0.39, 0.29) is 11.0 Å². The van der Waals surface area contributed by atoms with Crippen LogP contribution in [0.25, 0.3) is 16.7 Å². The zero-order valence-corrected chi connectivity index (χ0v) is 19.9. The van der Waals surface area contributed by atoms with Gasteiger partial charge in [0.2, 0.25) is 5.78 Å². The first-order chi connectivity index (χ1) is 16.1. The highest BCUT2D eigenvalue weighted by Gasteiger charge is 2.54. The normalized spacial score (nSPS) is 28.2. The number of ether oxygens (including phenoxy) is 1. The number of hydrogen-bond acceptors (Lipinski definition) is 6. The van der Waals surface area contributed by atoms with Gasteiger partial charge in [-0.05, 0) is 74.8 Å². The molecular formula is C25H30N4O3S. The molecule has 4 fully saturated rings. The Kier molecular flexibility index (Phi) is 5.33. The molecule has 2 aromatic heterocycles. The average molecular weight is 467 g/mol. The van der Waals surface area contributed by atoms with Crippen LogP contribution >= 0.6 is 11.8 Å². The molecule has 0 radical (unpaired) electrons. The van der Waals surface area contributed by atoms with Crippen LogP contribution < -0.4 is 5.56 Å². The molecule has 4 bridgehead atoms. The number of carbonyl (C=O) groups is 1. The molecule has 1 aromatic carbocycles. The molecule has 4 aliphatic rings. The van der Waals surface area contributed by atoms with Crippen molar-refractivity contribution in [1.29, 1.82) is 0 Å². The number of rotatable bonds is 8. The number of thioether (sulfide) groups is 1. The van der Waals surface area contributed by atoms with E-state index in [4.69, 9.17) is 4.74 Å². The van der Waals surface area contributed by atoms with E-state index in [0.717, 1.165) is 42.5 Å². The number of para-hydroxylation sites is 1. The Hall–Kier alpha value is -2.19. The molecule has 0 atom stereocenters. The van der Waals surface area contributed by atoms with Crippen LogP contribution in [0.2, 0.25) is 0 Å². The fraction of sp³-hybridized carbons (Fsp3) is 0.600. The second-order valence-corrected chi connectivity index (χ2v) is 11.3. The Morgan fingerprint density at radius 2 is 1.82 bits per heavy atom. The summed E-state index contributed by atoms with van der Waals surface area (Å²) in [6, 6.07) is 7.57. The van der Waals surface area contributed by atoms with Gasteiger partial charge in [0.25, 0.3) is 5.56 Å². The van der Waals surface area contributed by atoms with E-state index in [1.54, 1.807) is 11.7 Å². The van der Waals surface area contributed by atoms with Crippen LogP contribution in [0.4, 0.5) is 0 Å². The molecule has 0 aliphatic heterocycles. The predicted molar refractivity (Wildman–Crippen MR) is 128 cm³/mol. The molecule has 4 saturated carbocycles. The highest BCUT2D eigenvalue weighted by Crippen LogP contribution is 2.60. The fourth-order valence-electron chi connectivity index (χ4n) is 7.13. The van der Waals surface area contributed by atoms with Crippen molar-refractivity contribution in [3.8, 4) is 0 Å². The van der Waals surface area contributed by atoms with Crippen molar-refractivity contribution in [2.24, 2.45) is 23.2 Å². The molecule has 174 valence electrons. The van der Waals surface area contributed by atoms with Crippen molar-refractivity contribution in [2.45, 2.75) is 56.6 Å². The molecule has 8 heteroatoms. The SMILES string of the molecule is COCCCn1c(=O)c2ccccc2n2c(SCC(=O)C34CC5CC(CC(C5)C3)C4)nnc12. The van der Waals surface area contributed by atoms with E-state index in [0.29, 0.717) is 47.4 Å². The van der Waals surface area contributed by atoms with Gasteiger partial charge in [-0.25, -0.2) is 0 Å². The van der Waals surface area contributed by atoms with Crippen LogP contribution in [0.1, 0.15) is 44.9 Å². The van der Waals surface area contributed by atoms with Gasteiger partial charge in [-0.15, -0.1) is 10.2 Å². The van der Waals surface area contributed by atoms with Crippen LogP contribution in [0.3, 0.4) is 0 Å². The van der Waals surface area contributed by atoms with Gasteiger partial charge < -0.3 is 4.74 Å². The molecule has 0 unspecified atom stereocenters. The second kappa shape index (κ2) is 8.24. The summed E-state index contributed by atoms with van der Waals surface area (Å²) in [5, 5.41) is 10.1. The van der Waals surface area contributed by atoms with E-state index in [1.807, 2.05) is 28.7 Å². The lowest BCUT2D eigenvalue weighted by atomic mass is 9.48. The van der Waals surface area contributed by atoms with Crippen LogP contribution in [0, 0.1) is 23.2 Å². The maximum Gasteiger partial charge on any atom is 0.262 e. The maximum absolute atomic E-state index is 13.5. The molecule has 33 heavy (non-hydrogen) atoms. The molecule has 7 nitrogen and oxygen atoms in total. The van der Waals surface area contributed by atoms with Gasteiger partial charge in [0.05, 0.1) is 16.7 Å². The van der Waals surface area contributed by atoms with Crippen LogP contribution in [-0.4, -0.2) is 44.4 Å². The molecule has 7 rings (SSSR count). The fourth-order valence-corrected chi connectivity index (χ4v) is 8.10.